The van der Waals surface area contributed by atoms with Crippen LogP contribution in [0.5, 0.6) is 0 Å². The van der Waals surface area contributed by atoms with Gasteiger partial charge in [-0.2, -0.15) is 0 Å². The Bertz CT molecular complexity index is 490. The van der Waals surface area contributed by atoms with Gasteiger partial charge in [0.2, 0.25) is 0 Å². The van der Waals surface area contributed by atoms with Crippen LogP contribution in [-0.2, 0) is 4.74 Å². The molecule has 0 spiro atoms. The summed E-state index contributed by atoms with van der Waals surface area (Å²) in [6, 6.07) is 4.26. The Labute approximate surface area is 181 Å². The zero-order valence-corrected chi connectivity index (χ0v) is 19.2. The molecule has 1 fully saturated rings. The second-order valence-electron chi connectivity index (χ2n) is 6.68. The van der Waals surface area contributed by atoms with E-state index in [9.17, 15) is 0 Å². The molecule has 2 heterocycles. The maximum Gasteiger partial charge on any atom is 0.191 e. The summed E-state index contributed by atoms with van der Waals surface area (Å²) in [7, 11) is 0. The van der Waals surface area contributed by atoms with Gasteiger partial charge in [0.25, 0.3) is 0 Å². The van der Waals surface area contributed by atoms with Gasteiger partial charge in [0.05, 0.1) is 18.8 Å². The predicted molar refractivity (Wildman–Crippen MR) is 122 cm³/mol. The Kier molecular flexibility index (Phi) is 13.6. The molecule has 0 radical (unpaired) electrons. The van der Waals surface area contributed by atoms with Crippen LogP contribution in [0.2, 0.25) is 0 Å². The summed E-state index contributed by atoms with van der Waals surface area (Å²) in [5, 5.41) is 6.78. The molecule has 27 heavy (non-hydrogen) atoms. The normalized spacial score (nSPS) is 16.6. The Hall–Kier alpha value is -0.800. The Balaban J connectivity index is 0.00000364. The van der Waals surface area contributed by atoms with E-state index in [1.54, 1.807) is 6.26 Å². The number of unbranched alkanes of at least 4 members (excludes halogenated alkanes) is 1. The molecule has 0 aromatic carbocycles. The summed E-state index contributed by atoms with van der Waals surface area (Å²) in [4.78, 5) is 7.35. The van der Waals surface area contributed by atoms with E-state index in [4.69, 9.17) is 14.1 Å². The molecule has 2 N–H and O–H groups in total. The number of furan rings is 1. The molecule has 156 valence electrons. The van der Waals surface area contributed by atoms with E-state index in [1.807, 2.05) is 13.0 Å². The second-order valence-corrected chi connectivity index (χ2v) is 6.68. The molecule has 0 amide bonds. The highest BCUT2D eigenvalue weighted by atomic mass is 127. The van der Waals surface area contributed by atoms with Crippen LogP contribution < -0.4 is 10.6 Å². The lowest BCUT2D eigenvalue weighted by Gasteiger charge is -2.32. The quantitative estimate of drug-likeness (QED) is 0.213. The van der Waals surface area contributed by atoms with Crippen LogP contribution in [0.25, 0.3) is 0 Å². The largest absolute Gasteiger partial charge is 0.468 e. The lowest BCUT2D eigenvalue weighted by molar-refractivity contribution is 0.143. The Morgan fingerprint density at radius 3 is 2.70 bits per heavy atom. The van der Waals surface area contributed by atoms with E-state index >= 15 is 0 Å². The fraction of sp³-hybridized carbons (Fsp3) is 0.750. The van der Waals surface area contributed by atoms with Crippen LogP contribution in [-0.4, -0.2) is 56.8 Å². The molecule has 1 atom stereocenters. The van der Waals surface area contributed by atoms with Gasteiger partial charge in [-0.25, -0.2) is 0 Å². The number of rotatable bonds is 11. The minimum atomic E-state index is 0. The van der Waals surface area contributed by atoms with Crippen LogP contribution in [0.1, 0.15) is 57.8 Å². The average molecular weight is 492 g/mol. The molecule has 1 aromatic heterocycles. The van der Waals surface area contributed by atoms with E-state index in [1.165, 1.54) is 19.3 Å². The average Bonchev–Trinajstić information content (AvgIpc) is 3.20. The topological polar surface area (TPSA) is 62.0 Å². The van der Waals surface area contributed by atoms with Crippen molar-refractivity contribution in [2.45, 2.75) is 52.0 Å². The summed E-state index contributed by atoms with van der Waals surface area (Å²) >= 11 is 0. The number of hydrogen-bond donors (Lipinski definition) is 2. The highest BCUT2D eigenvalue weighted by Crippen LogP contribution is 2.25. The molecular weight excluding hydrogens is 455 g/mol. The van der Waals surface area contributed by atoms with E-state index in [-0.39, 0.29) is 30.0 Å². The molecule has 0 aliphatic carbocycles. The van der Waals surface area contributed by atoms with Crippen LogP contribution in [0.15, 0.2) is 27.8 Å². The number of hydrogen-bond acceptors (Lipinski definition) is 4. The summed E-state index contributed by atoms with van der Waals surface area (Å²) in [6.07, 6.45) is 7.77. The molecule has 1 saturated heterocycles. The summed E-state index contributed by atoms with van der Waals surface area (Å²) in [5.74, 6) is 1.90. The van der Waals surface area contributed by atoms with Gasteiger partial charge in [0.1, 0.15) is 5.76 Å². The number of nitrogens with one attached hydrogen (secondary N) is 2. The minimum Gasteiger partial charge on any atom is -0.468 e. The zero-order chi connectivity index (χ0) is 18.5. The molecule has 1 aliphatic heterocycles. The Morgan fingerprint density at radius 1 is 1.22 bits per heavy atom. The van der Waals surface area contributed by atoms with Gasteiger partial charge in [-0.3, -0.25) is 9.89 Å². The maximum atomic E-state index is 5.71. The van der Waals surface area contributed by atoms with Crippen molar-refractivity contribution in [1.82, 2.24) is 15.5 Å². The van der Waals surface area contributed by atoms with Crippen molar-refractivity contribution in [3.05, 3.63) is 24.2 Å². The van der Waals surface area contributed by atoms with Crippen molar-refractivity contribution < 1.29 is 9.15 Å². The number of halogens is 1. The molecule has 0 bridgehead atoms. The third-order valence-electron chi connectivity index (χ3n) is 4.68. The fourth-order valence-electron chi connectivity index (χ4n) is 3.30. The fourth-order valence-corrected chi connectivity index (χ4v) is 3.30. The van der Waals surface area contributed by atoms with Gasteiger partial charge in [-0.05, 0) is 64.8 Å². The molecular formula is C20H37IN4O2. The zero-order valence-electron chi connectivity index (χ0n) is 16.9. The van der Waals surface area contributed by atoms with Gasteiger partial charge in [-0.1, -0.05) is 6.42 Å². The van der Waals surface area contributed by atoms with Crippen molar-refractivity contribution in [3.63, 3.8) is 0 Å². The molecule has 0 saturated carbocycles. The van der Waals surface area contributed by atoms with Gasteiger partial charge < -0.3 is 19.8 Å². The van der Waals surface area contributed by atoms with Crippen molar-refractivity contribution >= 4 is 29.9 Å². The smallest absolute Gasteiger partial charge is 0.191 e. The third-order valence-corrected chi connectivity index (χ3v) is 4.68. The molecule has 1 aromatic rings. The maximum absolute atomic E-state index is 5.71. The number of likely N-dealkylation sites (tertiary alicyclic amines) is 1. The second kappa shape index (κ2) is 15.2. The van der Waals surface area contributed by atoms with E-state index in [2.05, 4.69) is 28.5 Å². The van der Waals surface area contributed by atoms with Gasteiger partial charge >= 0.3 is 0 Å². The minimum absolute atomic E-state index is 0. The van der Waals surface area contributed by atoms with Crippen molar-refractivity contribution in [2.24, 2.45) is 4.99 Å². The highest BCUT2D eigenvalue weighted by molar-refractivity contribution is 14.0. The lowest BCUT2D eigenvalue weighted by Crippen LogP contribution is -2.39. The summed E-state index contributed by atoms with van der Waals surface area (Å²) in [6.45, 7) is 10.5. The van der Waals surface area contributed by atoms with Gasteiger partial charge in [0, 0.05) is 26.3 Å². The molecule has 7 heteroatoms. The van der Waals surface area contributed by atoms with E-state index in [0.717, 1.165) is 64.0 Å². The third kappa shape index (κ3) is 9.30. The summed E-state index contributed by atoms with van der Waals surface area (Å²) in [5.41, 5.74) is 0. The van der Waals surface area contributed by atoms with Crippen molar-refractivity contribution in [3.8, 4) is 0 Å². The standard InChI is InChI=1S/C20H36N4O2.HI/c1-3-21-20(22-12-6-9-15-25-4-2)23-17-18(19-11-10-16-26-19)24-13-7-5-8-14-24;/h10-11,16,18H,3-9,12-15,17H2,1-2H3,(H2,21,22,23);1H. The number of nitrogens with zero attached hydrogens (tertiary/aromatic N) is 2. The first-order chi connectivity index (χ1) is 12.8. The number of guanidine groups is 1. The van der Waals surface area contributed by atoms with Gasteiger partial charge in [-0.15, -0.1) is 24.0 Å². The van der Waals surface area contributed by atoms with Crippen LogP contribution in [0, 0.1) is 0 Å². The number of aliphatic imine (C=N–C) groups is 1. The highest BCUT2D eigenvalue weighted by Gasteiger charge is 2.24. The molecule has 2 rings (SSSR count). The van der Waals surface area contributed by atoms with Crippen molar-refractivity contribution in [2.75, 3.05) is 45.9 Å². The summed E-state index contributed by atoms with van der Waals surface area (Å²) < 4.78 is 11.1. The first kappa shape index (κ1) is 24.2. The number of piperidine rings is 1. The van der Waals surface area contributed by atoms with Crippen LogP contribution >= 0.6 is 24.0 Å². The SMILES string of the molecule is CCNC(=NCC(c1ccco1)N1CCCCC1)NCCCCOCC.I. The van der Waals surface area contributed by atoms with E-state index in [0.29, 0.717) is 6.54 Å². The van der Waals surface area contributed by atoms with Crippen LogP contribution in [0.3, 0.4) is 0 Å². The Morgan fingerprint density at radius 2 is 2.04 bits per heavy atom. The molecule has 1 unspecified atom stereocenters. The molecule has 6 nitrogen and oxygen atoms in total. The first-order valence-electron chi connectivity index (χ1n) is 10.2. The molecule has 1 aliphatic rings. The monoisotopic (exact) mass is 492 g/mol. The van der Waals surface area contributed by atoms with E-state index < -0.39 is 0 Å². The van der Waals surface area contributed by atoms with Crippen molar-refractivity contribution in [1.29, 1.82) is 0 Å². The number of ether oxygens (including phenoxy) is 1. The predicted octanol–water partition coefficient (Wildman–Crippen LogP) is 3.80. The lowest BCUT2D eigenvalue weighted by atomic mass is 10.1. The first-order valence-corrected chi connectivity index (χ1v) is 10.2. The van der Waals surface area contributed by atoms with Crippen LogP contribution in [0.4, 0.5) is 0 Å². The van der Waals surface area contributed by atoms with Gasteiger partial charge in [0.15, 0.2) is 5.96 Å².